The number of anilines is 1. The van der Waals surface area contributed by atoms with Gasteiger partial charge < -0.3 is 5.32 Å². The van der Waals surface area contributed by atoms with Gasteiger partial charge in [0.25, 0.3) is 0 Å². The fourth-order valence-electron chi connectivity index (χ4n) is 2.97. The molecule has 0 saturated carbocycles. The number of aromatic nitrogens is 2. The smallest absolute Gasteiger partial charge is 0.134 e. The fourth-order valence-corrected chi connectivity index (χ4v) is 2.97. The van der Waals surface area contributed by atoms with Crippen molar-refractivity contribution in [2.75, 3.05) is 11.9 Å². The van der Waals surface area contributed by atoms with Gasteiger partial charge in [0.1, 0.15) is 11.6 Å². The molecule has 1 N–H and O–H groups in total. The first kappa shape index (κ1) is 14.1. The highest BCUT2D eigenvalue weighted by atomic mass is 15.0. The first-order valence-electron chi connectivity index (χ1n) is 7.98. The van der Waals surface area contributed by atoms with E-state index in [2.05, 4.69) is 49.5 Å². The van der Waals surface area contributed by atoms with E-state index < -0.39 is 0 Å². The largest absolute Gasteiger partial charge is 0.370 e. The van der Waals surface area contributed by atoms with Gasteiger partial charge in [0, 0.05) is 24.2 Å². The van der Waals surface area contributed by atoms with Crippen LogP contribution in [0.15, 0.2) is 30.3 Å². The molecular weight excluding hydrogens is 258 g/mol. The average molecular weight is 281 g/mol. The van der Waals surface area contributed by atoms with E-state index in [0.29, 0.717) is 5.92 Å². The second-order valence-electron chi connectivity index (χ2n) is 5.76. The predicted molar refractivity (Wildman–Crippen MR) is 86.8 cm³/mol. The molecule has 0 radical (unpaired) electrons. The number of nitrogens with one attached hydrogen (secondary N) is 1. The minimum atomic E-state index is 0.427. The van der Waals surface area contributed by atoms with Crippen LogP contribution in [0.25, 0.3) is 0 Å². The molecule has 1 heterocycles. The Hall–Kier alpha value is -1.90. The molecule has 0 bridgehead atoms. The van der Waals surface area contributed by atoms with E-state index in [-0.39, 0.29) is 0 Å². The first-order valence-corrected chi connectivity index (χ1v) is 7.98. The fraction of sp³-hybridized carbons (Fsp3) is 0.444. The molecule has 0 aliphatic heterocycles. The summed E-state index contributed by atoms with van der Waals surface area (Å²) < 4.78 is 0. The van der Waals surface area contributed by atoms with Crippen molar-refractivity contribution in [2.24, 2.45) is 0 Å². The molecule has 1 aromatic heterocycles. The molecule has 110 valence electrons. The summed E-state index contributed by atoms with van der Waals surface area (Å²) in [6.07, 6.45) is 4.19. The normalized spacial score (nSPS) is 14.2. The monoisotopic (exact) mass is 281 g/mol. The number of hydrogen-bond acceptors (Lipinski definition) is 3. The van der Waals surface area contributed by atoms with Crippen LogP contribution >= 0.6 is 0 Å². The standard InChI is InChI=1S/C18H23N3/c1-3-9-19-17-12-16(4-2)20-18(21-17)15-10-13-7-5-6-8-14(13)11-15/h5-8,12,15H,3-4,9-11H2,1-2H3,(H,19,20,21). The van der Waals surface area contributed by atoms with Crippen LogP contribution < -0.4 is 5.32 Å². The molecule has 1 aliphatic carbocycles. The third kappa shape index (κ3) is 3.07. The van der Waals surface area contributed by atoms with Crippen molar-refractivity contribution in [3.63, 3.8) is 0 Å². The van der Waals surface area contributed by atoms with E-state index in [4.69, 9.17) is 9.97 Å². The van der Waals surface area contributed by atoms with E-state index in [1.165, 1.54) is 11.1 Å². The molecular formula is C18H23N3. The van der Waals surface area contributed by atoms with Gasteiger partial charge in [-0.1, -0.05) is 38.1 Å². The number of hydrogen-bond donors (Lipinski definition) is 1. The molecule has 1 aliphatic rings. The molecule has 0 atom stereocenters. The predicted octanol–water partition coefficient (Wildman–Crippen LogP) is 3.74. The molecule has 3 nitrogen and oxygen atoms in total. The zero-order valence-corrected chi connectivity index (χ0v) is 12.9. The van der Waals surface area contributed by atoms with Crippen molar-refractivity contribution in [3.05, 3.63) is 53.0 Å². The molecule has 3 heteroatoms. The minimum absolute atomic E-state index is 0.427. The van der Waals surface area contributed by atoms with Crippen molar-refractivity contribution in [1.29, 1.82) is 0 Å². The van der Waals surface area contributed by atoms with E-state index >= 15 is 0 Å². The molecule has 0 unspecified atom stereocenters. The highest BCUT2D eigenvalue weighted by Gasteiger charge is 2.25. The molecule has 0 fully saturated rings. The summed E-state index contributed by atoms with van der Waals surface area (Å²) in [7, 11) is 0. The highest BCUT2D eigenvalue weighted by molar-refractivity contribution is 5.39. The highest BCUT2D eigenvalue weighted by Crippen LogP contribution is 2.32. The Kier molecular flexibility index (Phi) is 4.18. The number of fused-ring (bicyclic) bond motifs is 1. The maximum Gasteiger partial charge on any atom is 0.134 e. The maximum atomic E-state index is 4.77. The van der Waals surface area contributed by atoms with Crippen LogP contribution in [-0.4, -0.2) is 16.5 Å². The first-order chi connectivity index (χ1) is 10.3. The summed E-state index contributed by atoms with van der Waals surface area (Å²) in [5, 5.41) is 3.40. The van der Waals surface area contributed by atoms with E-state index in [0.717, 1.165) is 49.6 Å². The van der Waals surface area contributed by atoms with Crippen molar-refractivity contribution < 1.29 is 0 Å². The minimum Gasteiger partial charge on any atom is -0.370 e. The van der Waals surface area contributed by atoms with Gasteiger partial charge in [0.2, 0.25) is 0 Å². The van der Waals surface area contributed by atoms with Crippen molar-refractivity contribution in [3.8, 4) is 0 Å². The Morgan fingerprint density at radius 3 is 2.43 bits per heavy atom. The number of nitrogens with zero attached hydrogens (tertiary/aromatic N) is 2. The lowest BCUT2D eigenvalue weighted by Crippen LogP contribution is -2.10. The molecule has 2 aromatic rings. The number of rotatable bonds is 5. The van der Waals surface area contributed by atoms with Crippen LogP contribution in [0.5, 0.6) is 0 Å². The van der Waals surface area contributed by atoms with Crippen LogP contribution in [0.1, 0.15) is 48.8 Å². The molecule has 3 rings (SSSR count). The third-order valence-corrected chi connectivity index (χ3v) is 4.13. The summed E-state index contributed by atoms with van der Waals surface area (Å²) in [5.41, 5.74) is 4.04. The lowest BCUT2D eigenvalue weighted by atomic mass is 10.1. The average Bonchev–Trinajstić information content (AvgIpc) is 2.96. The van der Waals surface area contributed by atoms with Gasteiger partial charge in [-0.3, -0.25) is 0 Å². The second kappa shape index (κ2) is 6.25. The molecule has 21 heavy (non-hydrogen) atoms. The molecule has 1 aromatic carbocycles. The summed E-state index contributed by atoms with van der Waals surface area (Å²) in [6.45, 7) is 5.28. The Morgan fingerprint density at radius 1 is 1.10 bits per heavy atom. The molecule has 0 spiro atoms. The topological polar surface area (TPSA) is 37.8 Å². The molecule has 0 saturated heterocycles. The Balaban J connectivity index is 1.85. The Labute approximate surface area is 126 Å². The second-order valence-corrected chi connectivity index (χ2v) is 5.76. The van der Waals surface area contributed by atoms with Gasteiger partial charge in [0.05, 0.1) is 0 Å². The summed E-state index contributed by atoms with van der Waals surface area (Å²) in [4.78, 5) is 9.54. The van der Waals surface area contributed by atoms with Gasteiger partial charge >= 0.3 is 0 Å². The summed E-state index contributed by atoms with van der Waals surface area (Å²) in [6, 6.07) is 10.8. The van der Waals surface area contributed by atoms with Crippen LogP contribution in [-0.2, 0) is 19.3 Å². The van der Waals surface area contributed by atoms with Crippen molar-refractivity contribution in [2.45, 2.75) is 45.4 Å². The van der Waals surface area contributed by atoms with Gasteiger partial charge in [0.15, 0.2) is 0 Å². The zero-order chi connectivity index (χ0) is 14.7. The van der Waals surface area contributed by atoms with Crippen LogP contribution in [0, 0.1) is 0 Å². The van der Waals surface area contributed by atoms with Crippen LogP contribution in [0.2, 0.25) is 0 Å². The van der Waals surface area contributed by atoms with Crippen LogP contribution in [0.3, 0.4) is 0 Å². The summed E-state index contributed by atoms with van der Waals surface area (Å²) in [5.74, 6) is 2.41. The van der Waals surface area contributed by atoms with E-state index in [9.17, 15) is 0 Å². The van der Waals surface area contributed by atoms with Crippen LogP contribution in [0.4, 0.5) is 5.82 Å². The summed E-state index contributed by atoms with van der Waals surface area (Å²) >= 11 is 0. The van der Waals surface area contributed by atoms with E-state index in [1.807, 2.05) is 0 Å². The number of aryl methyl sites for hydroxylation is 1. The lowest BCUT2D eigenvalue weighted by molar-refractivity contribution is 0.675. The number of benzene rings is 1. The third-order valence-electron chi connectivity index (χ3n) is 4.13. The maximum absolute atomic E-state index is 4.77. The lowest BCUT2D eigenvalue weighted by Gasteiger charge is -2.12. The quantitative estimate of drug-likeness (QED) is 0.907. The van der Waals surface area contributed by atoms with Gasteiger partial charge in [-0.15, -0.1) is 0 Å². The zero-order valence-electron chi connectivity index (χ0n) is 12.9. The van der Waals surface area contributed by atoms with Gasteiger partial charge in [-0.25, -0.2) is 9.97 Å². The van der Waals surface area contributed by atoms with Gasteiger partial charge in [-0.05, 0) is 36.8 Å². The van der Waals surface area contributed by atoms with E-state index in [1.54, 1.807) is 0 Å². The molecule has 0 amide bonds. The SMILES string of the molecule is CCCNc1cc(CC)nc(C2Cc3ccccc3C2)n1. The Bertz CT molecular complexity index is 597. The van der Waals surface area contributed by atoms with Gasteiger partial charge in [-0.2, -0.15) is 0 Å². The van der Waals surface area contributed by atoms with Crippen molar-refractivity contribution in [1.82, 2.24) is 9.97 Å². The Morgan fingerprint density at radius 2 is 1.81 bits per heavy atom. The van der Waals surface area contributed by atoms with Crippen molar-refractivity contribution >= 4 is 5.82 Å².